The van der Waals surface area contributed by atoms with Crippen LogP contribution in [0, 0.1) is 0 Å². The summed E-state index contributed by atoms with van der Waals surface area (Å²) < 4.78 is 0. The molecule has 3 heterocycles. The van der Waals surface area contributed by atoms with Gasteiger partial charge in [-0.15, -0.1) is 0 Å². The first-order valence-corrected chi connectivity index (χ1v) is 8.08. The molecule has 0 unspecified atom stereocenters. The van der Waals surface area contributed by atoms with Gasteiger partial charge < -0.3 is 9.88 Å². The van der Waals surface area contributed by atoms with Crippen LogP contribution in [-0.4, -0.2) is 33.9 Å². The maximum absolute atomic E-state index is 12.5. The van der Waals surface area contributed by atoms with Gasteiger partial charge in [0.1, 0.15) is 0 Å². The van der Waals surface area contributed by atoms with Crippen LogP contribution in [0.3, 0.4) is 0 Å². The number of likely N-dealkylation sites (tertiary alicyclic amines) is 1. The van der Waals surface area contributed by atoms with Crippen molar-refractivity contribution in [2.24, 2.45) is 0 Å². The quantitative estimate of drug-likeness (QED) is 0.786. The average molecular weight is 305 g/mol. The van der Waals surface area contributed by atoms with Crippen LogP contribution in [0.25, 0.3) is 10.9 Å². The molecule has 1 N–H and O–H groups in total. The monoisotopic (exact) mass is 305 g/mol. The van der Waals surface area contributed by atoms with Gasteiger partial charge in [0.25, 0.3) is 5.91 Å². The number of pyridine rings is 1. The van der Waals surface area contributed by atoms with Gasteiger partial charge in [-0.1, -0.05) is 18.2 Å². The van der Waals surface area contributed by atoms with Crippen LogP contribution in [0.15, 0.2) is 55.0 Å². The zero-order chi connectivity index (χ0) is 15.6. The van der Waals surface area contributed by atoms with Crippen molar-refractivity contribution in [3.8, 4) is 0 Å². The van der Waals surface area contributed by atoms with E-state index in [-0.39, 0.29) is 5.91 Å². The van der Waals surface area contributed by atoms with E-state index in [0.29, 0.717) is 11.5 Å². The number of amides is 1. The SMILES string of the molecule is O=C(c1cccnc1)N1CCC(c2c[nH]c3ccccc23)CC1. The van der Waals surface area contributed by atoms with Crippen molar-refractivity contribution in [3.05, 3.63) is 66.1 Å². The molecule has 3 aromatic rings. The summed E-state index contributed by atoms with van der Waals surface area (Å²) in [5.41, 5.74) is 3.25. The molecule has 4 nitrogen and oxygen atoms in total. The molecule has 0 spiro atoms. The van der Waals surface area contributed by atoms with Crippen molar-refractivity contribution in [2.75, 3.05) is 13.1 Å². The Morgan fingerprint density at radius 3 is 2.74 bits per heavy atom. The number of para-hydroxylation sites is 1. The van der Waals surface area contributed by atoms with Crippen LogP contribution in [-0.2, 0) is 0 Å². The number of carbonyl (C=O) groups is 1. The summed E-state index contributed by atoms with van der Waals surface area (Å²) >= 11 is 0. The molecule has 1 saturated heterocycles. The summed E-state index contributed by atoms with van der Waals surface area (Å²) in [6.07, 6.45) is 7.49. The number of piperidine rings is 1. The number of nitrogens with zero attached hydrogens (tertiary/aromatic N) is 2. The molecule has 0 aliphatic carbocycles. The van der Waals surface area contributed by atoms with Crippen LogP contribution in [0.1, 0.15) is 34.7 Å². The minimum atomic E-state index is 0.0930. The van der Waals surface area contributed by atoms with E-state index in [1.165, 1.54) is 16.5 Å². The molecule has 1 aliphatic heterocycles. The van der Waals surface area contributed by atoms with Gasteiger partial charge in [0.2, 0.25) is 0 Å². The minimum absolute atomic E-state index is 0.0930. The molecule has 1 aromatic carbocycles. The fourth-order valence-corrected chi connectivity index (χ4v) is 3.50. The summed E-state index contributed by atoms with van der Waals surface area (Å²) in [5.74, 6) is 0.611. The predicted octanol–water partition coefficient (Wildman–Crippen LogP) is 3.58. The Morgan fingerprint density at radius 2 is 1.96 bits per heavy atom. The Hall–Kier alpha value is -2.62. The molecule has 23 heavy (non-hydrogen) atoms. The Labute approximate surface area is 135 Å². The van der Waals surface area contributed by atoms with E-state index in [9.17, 15) is 4.79 Å². The molecular formula is C19H19N3O. The minimum Gasteiger partial charge on any atom is -0.361 e. The summed E-state index contributed by atoms with van der Waals surface area (Å²) in [6.45, 7) is 1.61. The number of nitrogens with one attached hydrogen (secondary N) is 1. The smallest absolute Gasteiger partial charge is 0.255 e. The summed E-state index contributed by atoms with van der Waals surface area (Å²) in [7, 11) is 0. The first-order valence-electron chi connectivity index (χ1n) is 8.08. The number of aromatic nitrogens is 2. The molecule has 0 bridgehead atoms. The van der Waals surface area contributed by atoms with Gasteiger partial charge in [-0.05, 0) is 42.5 Å². The summed E-state index contributed by atoms with van der Waals surface area (Å²) in [5, 5.41) is 1.31. The average Bonchev–Trinajstić information content (AvgIpc) is 3.06. The number of aromatic amines is 1. The van der Waals surface area contributed by atoms with Crippen molar-refractivity contribution in [2.45, 2.75) is 18.8 Å². The molecule has 1 aliphatic rings. The summed E-state index contributed by atoms with van der Waals surface area (Å²) in [4.78, 5) is 21.8. The van der Waals surface area contributed by atoms with Crippen LogP contribution in [0.5, 0.6) is 0 Å². The van der Waals surface area contributed by atoms with E-state index in [1.807, 2.05) is 17.0 Å². The third-order valence-corrected chi connectivity index (χ3v) is 4.75. The second kappa shape index (κ2) is 5.88. The fourth-order valence-electron chi connectivity index (χ4n) is 3.50. The first-order chi connectivity index (χ1) is 11.3. The summed E-state index contributed by atoms with van der Waals surface area (Å²) in [6, 6.07) is 12.1. The lowest BCUT2D eigenvalue weighted by molar-refractivity contribution is 0.0713. The molecule has 116 valence electrons. The van der Waals surface area contributed by atoms with Crippen molar-refractivity contribution >= 4 is 16.8 Å². The van der Waals surface area contributed by atoms with E-state index in [0.717, 1.165) is 25.9 Å². The number of hydrogen-bond donors (Lipinski definition) is 1. The molecule has 0 radical (unpaired) electrons. The number of benzene rings is 1. The zero-order valence-electron chi connectivity index (χ0n) is 12.9. The molecule has 2 aromatic heterocycles. The number of H-pyrrole nitrogens is 1. The lowest BCUT2D eigenvalue weighted by Gasteiger charge is -2.32. The molecule has 0 atom stereocenters. The highest BCUT2D eigenvalue weighted by Gasteiger charge is 2.25. The molecule has 4 rings (SSSR count). The van der Waals surface area contributed by atoms with Crippen LogP contribution in [0.2, 0.25) is 0 Å². The van der Waals surface area contributed by atoms with Gasteiger partial charge in [0.15, 0.2) is 0 Å². The number of carbonyl (C=O) groups excluding carboxylic acids is 1. The Kier molecular flexibility index (Phi) is 3.58. The highest BCUT2D eigenvalue weighted by molar-refractivity contribution is 5.94. The zero-order valence-corrected chi connectivity index (χ0v) is 12.9. The Bertz CT molecular complexity index is 817. The second-order valence-electron chi connectivity index (χ2n) is 6.10. The van der Waals surface area contributed by atoms with Crippen molar-refractivity contribution in [1.82, 2.24) is 14.9 Å². The van der Waals surface area contributed by atoms with Gasteiger partial charge >= 0.3 is 0 Å². The van der Waals surface area contributed by atoms with Gasteiger partial charge in [0.05, 0.1) is 5.56 Å². The van der Waals surface area contributed by atoms with Crippen LogP contribution >= 0.6 is 0 Å². The number of rotatable bonds is 2. The van der Waals surface area contributed by atoms with E-state index in [4.69, 9.17) is 0 Å². The highest BCUT2D eigenvalue weighted by atomic mass is 16.2. The fraction of sp³-hybridized carbons (Fsp3) is 0.263. The largest absolute Gasteiger partial charge is 0.361 e. The third kappa shape index (κ3) is 2.61. The van der Waals surface area contributed by atoms with E-state index >= 15 is 0 Å². The molecular weight excluding hydrogens is 286 g/mol. The predicted molar refractivity (Wildman–Crippen MR) is 90.4 cm³/mol. The number of hydrogen-bond acceptors (Lipinski definition) is 2. The van der Waals surface area contributed by atoms with Gasteiger partial charge in [-0.3, -0.25) is 9.78 Å². The lowest BCUT2D eigenvalue weighted by atomic mass is 9.89. The van der Waals surface area contributed by atoms with E-state index in [2.05, 4.69) is 40.4 Å². The van der Waals surface area contributed by atoms with Crippen molar-refractivity contribution in [1.29, 1.82) is 0 Å². The lowest BCUT2D eigenvalue weighted by Crippen LogP contribution is -2.37. The topological polar surface area (TPSA) is 49.0 Å². The van der Waals surface area contributed by atoms with Crippen LogP contribution < -0.4 is 0 Å². The van der Waals surface area contributed by atoms with Crippen LogP contribution in [0.4, 0.5) is 0 Å². The van der Waals surface area contributed by atoms with Gasteiger partial charge in [-0.2, -0.15) is 0 Å². The molecule has 4 heteroatoms. The van der Waals surface area contributed by atoms with E-state index in [1.54, 1.807) is 12.4 Å². The molecule has 1 amide bonds. The van der Waals surface area contributed by atoms with Gasteiger partial charge in [-0.25, -0.2) is 0 Å². The maximum atomic E-state index is 12.5. The van der Waals surface area contributed by atoms with Gasteiger partial charge in [0, 0.05) is 42.6 Å². The number of fused-ring (bicyclic) bond motifs is 1. The molecule has 0 saturated carbocycles. The first kappa shape index (κ1) is 14.0. The van der Waals surface area contributed by atoms with E-state index < -0.39 is 0 Å². The Balaban J connectivity index is 1.48. The normalized spacial score (nSPS) is 15.9. The second-order valence-corrected chi connectivity index (χ2v) is 6.10. The highest BCUT2D eigenvalue weighted by Crippen LogP contribution is 2.33. The molecule has 1 fully saturated rings. The standard InChI is InChI=1S/C19H19N3O/c23-19(15-4-3-9-20-12-15)22-10-7-14(8-11-22)17-13-21-18-6-2-1-5-16(17)18/h1-6,9,12-14,21H,7-8,10-11H2. The third-order valence-electron chi connectivity index (χ3n) is 4.75. The maximum Gasteiger partial charge on any atom is 0.255 e. The van der Waals surface area contributed by atoms with Crippen molar-refractivity contribution < 1.29 is 4.79 Å². The van der Waals surface area contributed by atoms with Crippen molar-refractivity contribution in [3.63, 3.8) is 0 Å². The Morgan fingerprint density at radius 1 is 1.13 bits per heavy atom.